The molecular weight excluding hydrogens is 200 g/mol. The van der Waals surface area contributed by atoms with Crippen LogP contribution in [0.2, 0.25) is 0 Å². The molecule has 1 saturated carbocycles. The number of hydrogen-bond donors (Lipinski definition) is 0. The zero-order valence-corrected chi connectivity index (χ0v) is 9.37. The van der Waals surface area contributed by atoms with E-state index in [4.69, 9.17) is 17.0 Å². The van der Waals surface area contributed by atoms with Crippen molar-refractivity contribution in [3.05, 3.63) is 12.2 Å². The van der Waals surface area contributed by atoms with Crippen molar-refractivity contribution in [2.45, 2.75) is 25.4 Å². The van der Waals surface area contributed by atoms with Gasteiger partial charge in [0.15, 0.2) is 0 Å². The quantitative estimate of drug-likeness (QED) is 0.490. The molecule has 72 valence electrons. The van der Waals surface area contributed by atoms with Crippen LogP contribution in [0.15, 0.2) is 12.2 Å². The molecule has 2 aliphatic carbocycles. The van der Waals surface area contributed by atoms with Crippen LogP contribution in [0.5, 0.6) is 0 Å². The Morgan fingerprint density at radius 1 is 1.54 bits per heavy atom. The minimum absolute atomic E-state index is 0.365. The Morgan fingerprint density at radius 2 is 2.38 bits per heavy atom. The van der Waals surface area contributed by atoms with Crippen LogP contribution < -0.4 is 0 Å². The van der Waals surface area contributed by atoms with E-state index in [1.165, 1.54) is 31.0 Å². The molecule has 3 atom stereocenters. The Kier molecular flexibility index (Phi) is 2.94. The van der Waals surface area contributed by atoms with Crippen LogP contribution in [0.4, 0.5) is 0 Å². The molecule has 0 unspecified atom stereocenters. The second kappa shape index (κ2) is 4.01. The van der Waals surface area contributed by atoms with Crippen LogP contribution in [0, 0.1) is 11.8 Å². The van der Waals surface area contributed by atoms with Gasteiger partial charge in [-0.15, -0.1) is 0 Å². The zero-order chi connectivity index (χ0) is 9.26. The van der Waals surface area contributed by atoms with E-state index in [2.05, 4.69) is 12.2 Å². The largest absolute Gasteiger partial charge is 0.475 e. The molecule has 0 aliphatic heterocycles. The molecule has 0 saturated heterocycles. The van der Waals surface area contributed by atoms with E-state index >= 15 is 0 Å². The highest BCUT2D eigenvalue weighted by Crippen LogP contribution is 2.41. The van der Waals surface area contributed by atoms with E-state index in [0.717, 1.165) is 5.92 Å². The summed E-state index contributed by atoms with van der Waals surface area (Å²) in [4.78, 5) is 0. The summed E-state index contributed by atoms with van der Waals surface area (Å²) < 4.78 is 6.42. The van der Waals surface area contributed by atoms with Gasteiger partial charge >= 0.3 is 0 Å². The molecule has 0 bridgehead atoms. The highest BCUT2D eigenvalue weighted by atomic mass is 32.2. The predicted octanol–water partition coefficient (Wildman–Crippen LogP) is 3.01. The van der Waals surface area contributed by atoms with Gasteiger partial charge in [-0.05, 0) is 43.7 Å². The fourth-order valence-electron chi connectivity index (χ4n) is 2.34. The first-order chi connectivity index (χ1) is 6.31. The van der Waals surface area contributed by atoms with Gasteiger partial charge in [-0.25, -0.2) is 0 Å². The van der Waals surface area contributed by atoms with E-state index in [9.17, 15) is 0 Å². The number of thiocarbonyl (C=S) groups is 1. The topological polar surface area (TPSA) is 9.23 Å². The smallest absolute Gasteiger partial charge is 0.219 e. The summed E-state index contributed by atoms with van der Waals surface area (Å²) in [6.07, 6.45) is 10.7. The van der Waals surface area contributed by atoms with Gasteiger partial charge < -0.3 is 4.74 Å². The SMILES string of the molecule is CSC(=S)O[C@@H]1CC[C@H]2CC=C[C@H]21. The summed E-state index contributed by atoms with van der Waals surface area (Å²) in [5.74, 6) is 1.49. The molecule has 0 aromatic carbocycles. The predicted molar refractivity (Wildman–Crippen MR) is 61.0 cm³/mol. The van der Waals surface area contributed by atoms with Crippen molar-refractivity contribution < 1.29 is 4.74 Å². The molecule has 1 fully saturated rings. The summed E-state index contributed by atoms with van der Waals surface area (Å²) >= 11 is 6.60. The summed E-state index contributed by atoms with van der Waals surface area (Å²) in [6.45, 7) is 0. The monoisotopic (exact) mass is 214 g/mol. The van der Waals surface area contributed by atoms with Crippen LogP contribution in [-0.4, -0.2) is 16.7 Å². The standard InChI is InChI=1S/C10H14OS2/c1-13-10(12)11-9-6-5-7-3-2-4-8(7)9/h2,4,7-9H,3,5-6H2,1H3/t7-,8-,9-/m1/s1. The lowest BCUT2D eigenvalue weighted by molar-refractivity contribution is 0.170. The Balaban J connectivity index is 1.93. The van der Waals surface area contributed by atoms with Crippen molar-refractivity contribution in [1.82, 2.24) is 0 Å². The average Bonchev–Trinajstić information content (AvgIpc) is 2.69. The maximum absolute atomic E-state index is 5.72. The zero-order valence-electron chi connectivity index (χ0n) is 7.73. The number of thioether (sulfide) groups is 1. The molecule has 0 aromatic rings. The molecule has 2 rings (SSSR count). The van der Waals surface area contributed by atoms with Crippen molar-refractivity contribution in [3.63, 3.8) is 0 Å². The number of ether oxygens (including phenoxy) is 1. The van der Waals surface area contributed by atoms with Gasteiger partial charge in [0, 0.05) is 5.92 Å². The highest BCUT2D eigenvalue weighted by molar-refractivity contribution is 8.22. The van der Waals surface area contributed by atoms with E-state index in [0.29, 0.717) is 16.4 Å². The first-order valence-electron chi connectivity index (χ1n) is 4.72. The second-order valence-corrected chi connectivity index (χ2v) is 5.10. The van der Waals surface area contributed by atoms with Gasteiger partial charge in [0.25, 0.3) is 0 Å². The van der Waals surface area contributed by atoms with E-state index in [-0.39, 0.29) is 0 Å². The van der Waals surface area contributed by atoms with Crippen molar-refractivity contribution in [3.8, 4) is 0 Å². The lowest BCUT2D eigenvalue weighted by atomic mass is 9.99. The average molecular weight is 214 g/mol. The van der Waals surface area contributed by atoms with Gasteiger partial charge in [0.1, 0.15) is 6.10 Å². The normalized spacial score (nSPS) is 36.2. The van der Waals surface area contributed by atoms with Crippen LogP contribution in [0.1, 0.15) is 19.3 Å². The van der Waals surface area contributed by atoms with E-state index in [1.54, 1.807) is 0 Å². The molecule has 0 heterocycles. The van der Waals surface area contributed by atoms with Gasteiger partial charge in [-0.3, -0.25) is 0 Å². The molecule has 0 radical (unpaired) electrons. The van der Waals surface area contributed by atoms with Crippen LogP contribution in [0.25, 0.3) is 0 Å². The molecule has 0 amide bonds. The third kappa shape index (κ3) is 1.91. The lowest BCUT2D eigenvalue weighted by Crippen LogP contribution is -2.19. The molecule has 0 aromatic heterocycles. The Labute approximate surface area is 88.9 Å². The van der Waals surface area contributed by atoms with Crippen molar-refractivity contribution in [2.75, 3.05) is 6.26 Å². The van der Waals surface area contributed by atoms with E-state index in [1.807, 2.05) is 6.26 Å². The molecular formula is C10H14OS2. The minimum Gasteiger partial charge on any atom is -0.475 e. The van der Waals surface area contributed by atoms with Gasteiger partial charge in [-0.1, -0.05) is 23.9 Å². The first-order valence-corrected chi connectivity index (χ1v) is 6.36. The number of hydrogen-bond acceptors (Lipinski definition) is 3. The number of allylic oxidation sites excluding steroid dienone is 1. The third-order valence-electron chi connectivity index (χ3n) is 3.01. The molecule has 2 aliphatic rings. The Morgan fingerprint density at radius 3 is 3.15 bits per heavy atom. The molecule has 0 spiro atoms. The Hall–Kier alpha value is -0.0200. The molecule has 3 heteroatoms. The molecule has 0 N–H and O–H groups in total. The van der Waals surface area contributed by atoms with Gasteiger partial charge in [-0.2, -0.15) is 0 Å². The maximum atomic E-state index is 5.72. The Bertz CT molecular complexity index is 237. The van der Waals surface area contributed by atoms with Crippen LogP contribution in [0.3, 0.4) is 0 Å². The van der Waals surface area contributed by atoms with Crippen LogP contribution in [-0.2, 0) is 4.74 Å². The van der Waals surface area contributed by atoms with Crippen molar-refractivity contribution >= 4 is 28.4 Å². The number of rotatable bonds is 1. The third-order valence-corrected chi connectivity index (χ3v) is 4.03. The first kappa shape index (κ1) is 9.53. The summed E-state index contributed by atoms with van der Waals surface area (Å²) in [7, 11) is 0. The molecule has 13 heavy (non-hydrogen) atoms. The van der Waals surface area contributed by atoms with Crippen LogP contribution >= 0.6 is 24.0 Å². The van der Waals surface area contributed by atoms with Gasteiger partial charge in [0.2, 0.25) is 4.38 Å². The summed E-state index contributed by atoms with van der Waals surface area (Å²) in [5, 5.41) is 0. The molecule has 1 nitrogen and oxygen atoms in total. The van der Waals surface area contributed by atoms with Gasteiger partial charge in [0.05, 0.1) is 0 Å². The second-order valence-electron chi connectivity index (χ2n) is 3.69. The number of fused-ring (bicyclic) bond motifs is 1. The fraction of sp³-hybridized carbons (Fsp3) is 0.700. The lowest BCUT2D eigenvalue weighted by Gasteiger charge is -2.18. The summed E-state index contributed by atoms with van der Waals surface area (Å²) in [6, 6.07) is 0. The fourth-order valence-corrected chi connectivity index (χ4v) is 2.69. The summed E-state index contributed by atoms with van der Waals surface area (Å²) in [5.41, 5.74) is 0. The maximum Gasteiger partial charge on any atom is 0.219 e. The van der Waals surface area contributed by atoms with Crippen molar-refractivity contribution in [2.24, 2.45) is 11.8 Å². The highest BCUT2D eigenvalue weighted by Gasteiger charge is 2.37. The van der Waals surface area contributed by atoms with E-state index < -0.39 is 0 Å². The van der Waals surface area contributed by atoms with Crippen molar-refractivity contribution in [1.29, 1.82) is 0 Å². The minimum atomic E-state index is 0.365.